The van der Waals surface area contributed by atoms with E-state index in [1.807, 2.05) is 30.3 Å². The number of Topliss-reactive ketones (excluding diaryl/α,β-unsaturated/α-hetero) is 1. The maximum Gasteiger partial charge on any atom is 0.251 e. The van der Waals surface area contributed by atoms with Gasteiger partial charge in [0, 0.05) is 12.1 Å². The molecule has 0 radical (unpaired) electrons. The van der Waals surface area contributed by atoms with Gasteiger partial charge in [0.2, 0.25) is 0 Å². The summed E-state index contributed by atoms with van der Waals surface area (Å²) in [5.74, 6) is -0.853. The zero-order chi connectivity index (χ0) is 17.7. The van der Waals surface area contributed by atoms with Crippen molar-refractivity contribution in [3.05, 3.63) is 65.2 Å². The van der Waals surface area contributed by atoms with Gasteiger partial charge in [0.25, 0.3) is 5.91 Å². The summed E-state index contributed by atoms with van der Waals surface area (Å²) in [4.78, 5) is 23.4. The summed E-state index contributed by atoms with van der Waals surface area (Å²) in [5.41, 5.74) is 0.174. The van der Waals surface area contributed by atoms with E-state index in [4.69, 9.17) is 0 Å². The first-order chi connectivity index (χ1) is 11.3. The van der Waals surface area contributed by atoms with Crippen molar-refractivity contribution in [3.63, 3.8) is 0 Å². The molecule has 24 heavy (non-hydrogen) atoms. The number of rotatable bonds is 6. The molecule has 5 nitrogen and oxygen atoms in total. The second kappa shape index (κ2) is 7.27. The van der Waals surface area contributed by atoms with Crippen LogP contribution in [0.5, 0.6) is 5.75 Å². The van der Waals surface area contributed by atoms with Crippen molar-refractivity contribution < 1.29 is 19.8 Å². The molecule has 1 unspecified atom stereocenters. The van der Waals surface area contributed by atoms with Gasteiger partial charge >= 0.3 is 0 Å². The molecule has 1 atom stereocenters. The molecule has 0 aliphatic carbocycles. The van der Waals surface area contributed by atoms with Gasteiger partial charge in [0.15, 0.2) is 5.78 Å². The Balaban J connectivity index is 1.96. The Morgan fingerprint density at radius 3 is 2.38 bits per heavy atom. The molecule has 0 aromatic heterocycles. The van der Waals surface area contributed by atoms with E-state index in [1.165, 1.54) is 25.1 Å². The molecule has 0 bridgehead atoms. The van der Waals surface area contributed by atoms with Crippen LogP contribution in [0.15, 0.2) is 48.5 Å². The number of nitrogens with one attached hydrogen (secondary N) is 1. The number of aliphatic hydroxyl groups is 1. The summed E-state index contributed by atoms with van der Waals surface area (Å²) in [6.45, 7) is 3.32. The Morgan fingerprint density at radius 2 is 1.79 bits per heavy atom. The minimum absolute atomic E-state index is 0.179. The maximum absolute atomic E-state index is 12.1. The van der Waals surface area contributed by atoms with Gasteiger partial charge in [0.1, 0.15) is 5.75 Å². The smallest absolute Gasteiger partial charge is 0.251 e. The maximum atomic E-state index is 12.1. The molecule has 0 spiro atoms. The second-order valence-corrected chi connectivity index (χ2v) is 5.93. The quantitative estimate of drug-likeness (QED) is 0.712. The van der Waals surface area contributed by atoms with Gasteiger partial charge in [-0.25, -0.2) is 0 Å². The number of carbonyl (C=O) groups excluding carboxylic acids is 2. The molecule has 2 aromatic rings. The van der Waals surface area contributed by atoms with Gasteiger partial charge in [-0.1, -0.05) is 30.3 Å². The van der Waals surface area contributed by atoms with Crippen molar-refractivity contribution in [1.82, 2.24) is 5.32 Å². The van der Waals surface area contributed by atoms with Crippen molar-refractivity contribution in [3.8, 4) is 5.75 Å². The van der Waals surface area contributed by atoms with Gasteiger partial charge in [-0.2, -0.15) is 0 Å². The monoisotopic (exact) mass is 327 g/mol. The highest BCUT2D eigenvalue weighted by Gasteiger charge is 2.22. The molecule has 126 valence electrons. The molecule has 5 heteroatoms. The van der Waals surface area contributed by atoms with E-state index < -0.39 is 5.60 Å². The Labute approximate surface area is 141 Å². The van der Waals surface area contributed by atoms with Crippen LogP contribution in [0.1, 0.15) is 46.5 Å². The lowest BCUT2D eigenvalue weighted by atomic mass is 9.92. The molecule has 0 aliphatic heterocycles. The topological polar surface area (TPSA) is 86.6 Å². The van der Waals surface area contributed by atoms with Gasteiger partial charge in [-0.15, -0.1) is 0 Å². The number of phenols is 1. The number of hydrogen-bond acceptors (Lipinski definition) is 4. The fourth-order valence-electron chi connectivity index (χ4n) is 2.43. The Kier molecular flexibility index (Phi) is 5.36. The standard InChI is InChI=1S/C19H21NO4/c1-13(21)16-9-8-14(12-17(16)22)18(23)20-11-10-19(2,24)15-6-4-3-5-7-15/h3-9,12,22,24H,10-11H2,1-2H3,(H,20,23). The van der Waals surface area contributed by atoms with Crippen molar-refractivity contribution in [1.29, 1.82) is 0 Å². The first-order valence-corrected chi connectivity index (χ1v) is 7.71. The third-order valence-corrected chi connectivity index (χ3v) is 3.93. The average molecular weight is 327 g/mol. The number of amides is 1. The Hall–Kier alpha value is -2.66. The van der Waals surface area contributed by atoms with Crippen LogP contribution in [0, 0.1) is 0 Å². The summed E-state index contributed by atoms with van der Waals surface area (Å²) in [7, 11) is 0. The number of benzene rings is 2. The average Bonchev–Trinajstić information content (AvgIpc) is 2.55. The first kappa shape index (κ1) is 17.7. The highest BCUT2D eigenvalue weighted by atomic mass is 16.3. The lowest BCUT2D eigenvalue weighted by molar-refractivity contribution is 0.0475. The third kappa shape index (κ3) is 4.20. The number of hydrogen-bond donors (Lipinski definition) is 3. The zero-order valence-corrected chi connectivity index (χ0v) is 13.7. The molecule has 3 N–H and O–H groups in total. The van der Waals surface area contributed by atoms with Gasteiger partial charge in [-0.05, 0) is 44.0 Å². The summed E-state index contributed by atoms with van der Waals surface area (Å²) in [5, 5.41) is 23.0. The van der Waals surface area contributed by atoms with Crippen LogP contribution in [0.2, 0.25) is 0 Å². The van der Waals surface area contributed by atoms with E-state index in [9.17, 15) is 19.8 Å². The minimum atomic E-state index is -1.05. The van der Waals surface area contributed by atoms with Crippen LogP contribution in [-0.4, -0.2) is 28.4 Å². The summed E-state index contributed by atoms with van der Waals surface area (Å²) in [6.07, 6.45) is 0.347. The molecule has 1 amide bonds. The molecule has 2 aromatic carbocycles. The van der Waals surface area contributed by atoms with Crippen LogP contribution >= 0.6 is 0 Å². The summed E-state index contributed by atoms with van der Waals surface area (Å²) < 4.78 is 0. The molecule has 0 saturated heterocycles. The van der Waals surface area contributed by atoms with E-state index in [1.54, 1.807) is 6.92 Å². The molecule has 0 aliphatic rings. The van der Waals surface area contributed by atoms with Crippen molar-refractivity contribution in [2.75, 3.05) is 6.54 Å². The Morgan fingerprint density at radius 1 is 1.12 bits per heavy atom. The van der Waals surface area contributed by atoms with Crippen LogP contribution in [-0.2, 0) is 5.60 Å². The first-order valence-electron chi connectivity index (χ1n) is 7.71. The SMILES string of the molecule is CC(=O)c1ccc(C(=O)NCCC(C)(O)c2ccccc2)cc1O. The van der Waals surface area contributed by atoms with Crippen LogP contribution in [0.4, 0.5) is 0 Å². The molecule has 0 heterocycles. The number of phenolic OH excluding ortho intramolecular Hbond substituents is 1. The van der Waals surface area contributed by atoms with Gasteiger partial charge in [-0.3, -0.25) is 9.59 Å². The predicted octanol–water partition coefficient (Wildman–Crippen LogP) is 2.62. The van der Waals surface area contributed by atoms with Crippen molar-refractivity contribution in [2.24, 2.45) is 0 Å². The van der Waals surface area contributed by atoms with E-state index in [0.717, 1.165) is 5.56 Å². The van der Waals surface area contributed by atoms with Gasteiger partial charge < -0.3 is 15.5 Å². The van der Waals surface area contributed by atoms with Crippen LogP contribution < -0.4 is 5.32 Å². The van der Waals surface area contributed by atoms with E-state index in [0.29, 0.717) is 6.42 Å². The largest absolute Gasteiger partial charge is 0.507 e. The lowest BCUT2D eigenvalue weighted by Crippen LogP contribution is -2.31. The predicted molar refractivity (Wildman–Crippen MR) is 91.1 cm³/mol. The Bertz CT molecular complexity index is 738. The molecular weight excluding hydrogens is 306 g/mol. The number of aromatic hydroxyl groups is 1. The molecule has 0 fully saturated rings. The summed E-state index contributed by atoms with van der Waals surface area (Å²) >= 11 is 0. The van der Waals surface area contributed by atoms with Gasteiger partial charge in [0.05, 0.1) is 11.2 Å². The van der Waals surface area contributed by atoms with E-state index in [-0.39, 0.29) is 35.1 Å². The normalized spacial score (nSPS) is 13.1. The minimum Gasteiger partial charge on any atom is -0.507 e. The van der Waals surface area contributed by atoms with Crippen molar-refractivity contribution >= 4 is 11.7 Å². The molecular formula is C19H21NO4. The fraction of sp³-hybridized carbons (Fsp3) is 0.263. The van der Waals surface area contributed by atoms with Crippen LogP contribution in [0.25, 0.3) is 0 Å². The fourth-order valence-corrected chi connectivity index (χ4v) is 2.43. The van der Waals surface area contributed by atoms with E-state index in [2.05, 4.69) is 5.32 Å². The van der Waals surface area contributed by atoms with Crippen molar-refractivity contribution in [2.45, 2.75) is 25.9 Å². The zero-order valence-electron chi connectivity index (χ0n) is 13.7. The second-order valence-electron chi connectivity index (χ2n) is 5.93. The highest BCUT2D eigenvalue weighted by molar-refractivity contribution is 6.00. The van der Waals surface area contributed by atoms with Crippen LogP contribution in [0.3, 0.4) is 0 Å². The van der Waals surface area contributed by atoms with E-state index >= 15 is 0 Å². The lowest BCUT2D eigenvalue weighted by Gasteiger charge is -2.24. The number of carbonyl (C=O) groups is 2. The molecule has 2 rings (SSSR count). The summed E-state index contributed by atoms with van der Waals surface area (Å²) in [6, 6.07) is 13.4. The highest BCUT2D eigenvalue weighted by Crippen LogP contribution is 2.23. The third-order valence-electron chi connectivity index (χ3n) is 3.93. The molecule has 0 saturated carbocycles. The number of ketones is 1.